The molecule has 0 aromatic heterocycles. The summed E-state index contributed by atoms with van der Waals surface area (Å²) in [4.78, 5) is 48.7. The number of rotatable bonds is 58. The fraction of sp³-hybridized carbons (Fsp3) is 0.742. The molecule has 0 aromatic carbocycles. The molecule has 0 saturated carbocycles. The van der Waals surface area contributed by atoms with Crippen LogP contribution in [-0.2, 0) is 42.2 Å². The van der Waals surface area contributed by atoms with Crippen molar-refractivity contribution in [2.24, 2.45) is 0 Å². The molecular weight excluding hydrogens is 1000 g/mol. The van der Waals surface area contributed by atoms with Crippen LogP contribution in [0.3, 0.4) is 0 Å². The molecule has 0 aliphatic rings. The van der Waals surface area contributed by atoms with E-state index < -0.39 is 57.8 Å². The van der Waals surface area contributed by atoms with Crippen LogP contribution < -0.4 is 0 Å². The van der Waals surface area contributed by atoms with E-state index in [4.69, 9.17) is 23.3 Å². The summed E-state index contributed by atoms with van der Waals surface area (Å²) >= 11 is 0. The molecular formula is C66H115O11P. The van der Waals surface area contributed by atoms with Crippen molar-refractivity contribution in [1.29, 1.82) is 0 Å². The van der Waals surface area contributed by atoms with E-state index in [-0.39, 0.29) is 25.9 Å². The van der Waals surface area contributed by atoms with Crippen LogP contribution in [0.15, 0.2) is 85.1 Å². The zero-order chi connectivity index (χ0) is 56.9. The van der Waals surface area contributed by atoms with Crippen molar-refractivity contribution in [3.63, 3.8) is 0 Å². The number of carbonyl (C=O) groups is 3. The minimum absolute atomic E-state index is 0.146. The number of allylic oxidation sites excluding steroid dienone is 14. The fourth-order valence-electron chi connectivity index (χ4n) is 8.50. The number of carbonyl (C=O) groups excluding carboxylic acids is 3. The number of ether oxygens (including phenoxy) is 3. The van der Waals surface area contributed by atoms with E-state index >= 15 is 0 Å². The summed E-state index contributed by atoms with van der Waals surface area (Å²) in [6.45, 7) is 4.48. The molecule has 11 nitrogen and oxygen atoms in total. The summed E-state index contributed by atoms with van der Waals surface area (Å²) in [5.41, 5.74) is 0. The zero-order valence-corrected chi connectivity index (χ0v) is 50.8. The molecule has 0 heterocycles. The molecule has 0 amide bonds. The first-order chi connectivity index (χ1) is 38.2. The first-order valence-corrected chi connectivity index (χ1v) is 33.0. The van der Waals surface area contributed by atoms with E-state index in [0.717, 1.165) is 89.9 Å². The second-order valence-corrected chi connectivity index (χ2v) is 22.3. The van der Waals surface area contributed by atoms with Gasteiger partial charge in [0.15, 0.2) is 6.10 Å². The van der Waals surface area contributed by atoms with Crippen molar-refractivity contribution >= 4 is 25.7 Å². The lowest BCUT2D eigenvalue weighted by atomic mass is 10.1. The van der Waals surface area contributed by atoms with Crippen molar-refractivity contribution < 1.29 is 52.2 Å². The molecule has 12 heteroatoms. The minimum Gasteiger partial charge on any atom is -0.462 e. The quantitative estimate of drug-likeness (QED) is 0.0197. The van der Waals surface area contributed by atoms with Gasteiger partial charge in [-0.3, -0.25) is 23.4 Å². The van der Waals surface area contributed by atoms with Crippen molar-refractivity contribution in [3.05, 3.63) is 85.1 Å². The maximum atomic E-state index is 12.9. The van der Waals surface area contributed by atoms with Crippen LogP contribution >= 0.6 is 7.82 Å². The van der Waals surface area contributed by atoms with Gasteiger partial charge in [0.25, 0.3) is 0 Å². The monoisotopic (exact) mass is 1110 g/mol. The highest BCUT2D eigenvalue weighted by atomic mass is 31.2. The summed E-state index contributed by atoms with van der Waals surface area (Å²) in [6.07, 6.45) is 69.7. The summed E-state index contributed by atoms with van der Waals surface area (Å²) in [5, 5.41) is 9.84. The summed E-state index contributed by atoms with van der Waals surface area (Å²) in [7, 11) is -4.77. The second kappa shape index (κ2) is 59.8. The molecule has 0 aliphatic carbocycles. The lowest BCUT2D eigenvalue weighted by Gasteiger charge is -2.21. The molecule has 0 aliphatic heterocycles. The largest absolute Gasteiger partial charge is 0.472 e. The average Bonchev–Trinajstić information content (AvgIpc) is 3.43. The predicted octanol–water partition coefficient (Wildman–Crippen LogP) is 19.0. The standard InChI is InChI=1S/C66H115O11P/c1-4-7-10-13-16-19-22-25-28-30-31-33-36-39-42-45-48-51-54-57-66(70)77-63(59-73-64(68)55-52-49-46-43-40-37-35-32-29-26-23-20-17-14-11-8-5-2)61-75-78(71,72)74-60-62(58-67)76-65(69)56-53-50-47-44-41-38-34-27-24-21-18-15-12-9-6-3/h8,11,17,20,25-29,34-35,37,43,46,62-63,67H,4-7,9-10,12-16,18-19,21-24,30-33,36,38-42,44-45,47-61H2,1-3H3,(H,71,72)/b11-8-,20-17-,28-25-,29-26-,34-27-,37-35-,46-43-. The molecule has 0 spiro atoms. The maximum Gasteiger partial charge on any atom is 0.472 e. The Morgan fingerprint density at radius 2 is 0.679 bits per heavy atom. The van der Waals surface area contributed by atoms with Crippen LogP contribution in [0.2, 0.25) is 0 Å². The molecule has 0 saturated heterocycles. The van der Waals surface area contributed by atoms with E-state index in [1.807, 2.05) is 6.08 Å². The first kappa shape index (κ1) is 74.7. The van der Waals surface area contributed by atoms with Crippen LogP contribution in [-0.4, -0.2) is 66.5 Å². The summed E-state index contributed by atoms with van der Waals surface area (Å²) < 4.78 is 39.6. The topological polar surface area (TPSA) is 155 Å². The van der Waals surface area contributed by atoms with Crippen LogP contribution in [0.1, 0.15) is 278 Å². The molecule has 0 radical (unpaired) electrons. The fourth-order valence-corrected chi connectivity index (χ4v) is 9.28. The lowest BCUT2D eigenvalue weighted by Crippen LogP contribution is -2.30. The third-order valence-corrected chi connectivity index (χ3v) is 14.2. The third-order valence-electron chi connectivity index (χ3n) is 13.3. The van der Waals surface area contributed by atoms with Gasteiger partial charge < -0.3 is 24.2 Å². The number of hydrogen-bond donors (Lipinski definition) is 2. The molecule has 450 valence electrons. The van der Waals surface area contributed by atoms with E-state index in [1.54, 1.807) is 0 Å². The predicted molar refractivity (Wildman–Crippen MR) is 325 cm³/mol. The molecule has 3 unspecified atom stereocenters. The smallest absolute Gasteiger partial charge is 0.462 e. The SMILES string of the molecule is CC/C=C\C/C=C\C/C=C\C/C=C\C/C=C\CCCC(=O)OCC(COP(=O)(O)OCC(CO)OC(=O)CCCCCCC/C=C\CCCCCCCC)OC(=O)CCCCCCCCCCC/C=C\CCCCCCCC. The zero-order valence-electron chi connectivity index (χ0n) is 49.9. The van der Waals surface area contributed by atoms with Gasteiger partial charge in [0.1, 0.15) is 12.7 Å². The summed E-state index contributed by atoms with van der Waals surface area (Å²) in [5.74, 6) is -1.54. The molecule has 3 atom stereocenters. The lowest BCUT2D eigenvalue weighted by molar-refractivity contribution is -0.161. The Kier molecular flexibility index (Phi) is 57.2. The average molecular weight is 1120 g/mol. The van der Waals surface area contributed by atoms with Crippen LogP contribution in [0.25, 0.3) is 0 Å². The Bertz CT molecular complexity index is 1630. The highest BCUT2D eigenvalue weighted by Gasteiger charge is 2.28. The van der Waals surface area contributed by atoms with Gasteiger partial charge >= 0.3 is 25.7 Å². The number of aliphatic hydroxyl groups excluding tert-OH is 1. The van der Waals surface area contributed by atoms with E-state index in [2.05, 4.69) is 99.8 Å². The molecule has 78 heavy (non-hydrogen) atoms. The Morgan fingerprint density at radius 1 is 0.372 bits per heavy atom. The normalized spacial score (nSPS) is 13.9. The molecule has 0 aromatic rings. The number of phosphoric acid groups is 1. The van der Waals surface area contributed by atoms with Gasteiger partial charge in [0.2, 0.25) is 0 Å². The van der Waals surface area contributed by atoms with Gasteiger partial charge in [-0.2, -0.15) is 0 Å². The van der Waals surface area contributed by atoms with Crippen LogP contribution in [0.5, 0.6) is 0 Å². The second-order valence-electron chi connectivity index (χ2n) is 20.8. The number of esters is 3. The van der Waals surface area contributed by atoms with Crippen molar-refractivity contribution in [2.45, 2.75) is 290 Å². The number of phosphoric ester groups is 1. The van der Waals surface area contributed by atoms with Gasteiger partial charge in [0, 0.05) is 19.3 Å². The van der Waals surface area contributed by atoms with Crippen molar-refractivity contribution in [2.75, 3.05) is 26.4 Å². The maximum absolute atomic E-state index is 12.9. The number of hydrogen-bond acceptors (Lipinski definition) is 10. The van der Waals surface area contributed by atoms with Crippen LogP contribution in [0, 0.1) is 0 Å². The van der Waals surface area contributed by atoms with Crippen molar-refractivity contribution in [1.82, 2.24) is 0 Å². The van der Waals surface area contributed by atoms with Crippen molar-refractivity contribution in [3.8, 4) is 0 Å². The molecule has 0 fully saturated rings. The van der Waals surface area contributed by atoms with Gasteiger partial charge in [-0.05, 0) is 109 Å². The molecule has 0 rings (SSSR count). The molecule has 2 N–H and O–H groups in total. The Hall–Kier alpha value is -3.34. The Morgan fingerprint density at radius 3 is 1.08 bits per heavy atom. The van der Waals surface area contributed by atoms with E-state index in [1.165, 1.54) is 122 Å². The number of aliphatic hydroxyl groups is 1. The van der Waals surface area contributed by atoms with Gasteiger partial charge in [-0.1, -0.05) is 234 Å². The van der Waals surface area contributed by atoms with E-state index in [9.17, 15) is 28.9 Å². The highest BCUT2D eigenvalue weighted by molar-refractivity contribution is 7.47. The Labute approximate surface area is 477 Å². The van der Waals surface area contributed by atoms with Gasteiger partial charge in [-0.15, -0.1) is 0 Å². The third kappa shape index (κ3) is 57.3. The molecule has 0 bridgehead atoms. The van der Waals surface area contributed by atoms with Crippen LogP contribution in [0.4, 0.5) is 0 Å². The van der Waals surface area contributed by atoms with E-state index in [0.29, 0.717) is 25.7 Å². The number of unbranched alkanes of at least 4 members (excludes halogenated alkanes) is 27. The summed E-state index contributed by atoms with van der Waals surface area (Å²) in [6, 6.07) is 0. The minimum atomic E-state index is -4.77. The highest BCUT2D eigenvalue weighted by Crippen LogP contribution is 2.43. The Balaban J connectivity index is 4.78. The van der Waals surface area contributed by atoms with Gasteiger partial charge in [-0.25, -0.2) is 4.57 Å². The van der Waals surface area contributed by atoms with Gasteiger partial charge in [0.05, 0.1) is 19.8 Å². The first-order valence-electron chi connectivity index (χ1n) is 31.5.